The lowest BCUT2D eigenvalue weighted by atomic mass is 9.94. The lowest BCUT2D eigenvalue weighted by Gasteiger charge is -2.46. The van der Waals surface area contributed by atoms with Gasteiger partial charge in [-0.1, -0.05) is 6.92 Å². The highest BCUT2D eigenvalue weighted by atomic mass is 16.7. The predicted octanol–water partition coefficient (Wildman–Crippen LogP) is 1.62. The second-order valence-electron chi connectivity index (χ2n) is 6.95. The van der Waals surface area contributed by atoms with Gasteiger partial charge in [0, 0.05) is 28.4 Å². The third-order valence-electron chi connectivity index (χ3n) is 5.20. The van der Waals surface area contributed by atoms with E-state index < -0.39 is 0 Å². The van der Waals surface area contributed by atoms with Crippen molar-refractivity contribution in [3.05, 3.63) is 0 Å². The molecule has 25 heavy (non-hydrogen) atoms. The Morgan fingerprint density at radius 3 is 2.00 bits per heavy atom. The Bertz CT molecular complexity index is 380. The van der Waals surface area contributed by atoms with Crippen molar-refractivity contribution in [1.29, 1.82) is 0 Å². The highest BCUT2D eigenvalue weighted by Crippen LogP contribution is 2.32. The first-order chi connectivity index (χ1) is 12.0. The molecule has 0 aromatic rings. The Morgan fingerprint density at radius 1 is 0.760 bits per heavy atom. The molecular formula is C18H34O7. The van der Waals surface area contributed by atoms with E-state index in [4.69, 9.17) is 33.2 Å². The third-order valence-corrected chi connectivity index (χ3v) is 5.20. The van der Waals surface area contributed by atoms with Crippen molar-refractivity contribution >= 4 is 0 Å². The van der Waals surface area contributed by atoms with E-state index in [0.717, 1.165) is 12.8 Å². The maximum atomic E-state index is 6.32. The van der Waals surface area contributed by atoms with Gasteiger partial charge in [-0.3, -0.25) is 0 Å². The van der Waals surface area contributed by atoms with Crippen molar-refractivity contribution in [1.82, 2.24) is 0 Å². The molecule has 0 bridgehead atoms. The van der Waals surface area contributed by atoms with E-state index in [0.29, 0.717) is 19.1 Å². The van der Waals surface area contributed by atoms with E-state index in [1.165, 1.54) is 0 Å². The molecule has 2 aliphatic heterocycles. The summed E-state index contributed by atoms with van der Waals surface area (Å²) in [5.74, 6) is 0.446. The maximum absolute atomic E-state index is 6.32. The number of rotatable bonds is 8. The molecule has 0 aromatic heterocycles. The van der Waals surface area contributed by atoms with E-state index in [1.54, 1.807) is 28.4 Å². The Kier molecular flexibility index (Phi) is 8.54. The van der Waals surface area contributed by atoms with Gasteiger partial charge in [-0.25, -0.2) is 0 Å². The molecule has 2 rings (SSSR count). The molecular weight excluding hydrogens is 328 g/mol. The molecule has 7 heteroatoms. The monoisotopic (exact) mass is 362 g/mol. The summed E-state index contributed by atoms with van der Waals surface area (Å²) >= 11 is 0. The molecule has 0 radical (unpaired) electrons. The fourth-order valence-electron chi connectivity index (χ4n) is 3.78. The fourth-order valence-corrected chi connectivity index (χ4v) is 3.78. The van der Waals surface area contributed by atoms with Crippen LogP contribution >= 0.6 is 0 Å². The molecule has 2 fully saturated rings. The van der Waals surface area contributed by atoms with Gasteiger partial charge in [0.05, 0.1) is 25.4 Å². The van der Waals surface area contributed by atoms with Crippen molar-refractivity contribution in [3.63, 3.8) is 0 Å². The van der Waals surface area contributed by atoms with Gasteiger partial charge in [-0.2, -0.15) is 0 Å². The average molecular weight is 362 g/mol. The smallest absolute Gasteiger partial charge is 0.158 e. The highest BCUT2D eigenvalue weighted by Gasteiger charge is 2.47. The van der Waals surface area contributed by atoms with Crippen LogP contribution in [0.5, 0.6) is 0 Å². The zero-order valence-corrected chi connectivity index (χ0v) is 16.3. The summed E-state index contributed by atoms with van der Waals surface area (Å²) in [6, 6.07) is 0. The van der Waals surface area contributed by atoms with E-state index in [9.17, 15) is 0 Å². The minimum Gasteiger partial charge on any atom is -0.382 e. The SMILES string of the molecule is COCC1OC(C)C(OC)C(OC)[C@@H]1O[C@H]1CC[C@@H](C)C(COC)O1. The van der Waals surface area contributed by atoms with Gasteiger partial charge >= 0.3 is 0 Å². The van der Waals surface area contributed by atoms with Crippen LogP contribution in [0.4, 0.5) is 0 Å². The number of ether oxygens (including phenoxy) is 7. The Morgan fingerprint density at radius 2 is 1.40 bits per heavy atom. The van der Waals surface area contributed by atoms with Crippen LogP contribution in [-0.2, 0) is 33.2 Å². The van der Waals surface area contributed by atoms with Crippen LogP contribution in [0.25, 0.3) is 0 Å². The largest absolute Gasteiger partial charge is 0.382 e. The zero-order valence-electron chi connectivity index (χ0n) is 16.3. The standard InChI is InChI=1S/C18H34O7/c1-11-7-8-15(24-13(11)9-19-3)25-17-14(10-20-4)23-12(2)16(21-5)18(17)22-6/h11-18H,7-10H2,1-6H3/t11-,12?,13?,14?,15+,16?,17-,18?/m1/s1. The van der Waals surface area contributed by atoms with Gasteiger partial charge in [-0.15, -0.1) is 0 Å². The van der Waals surface area contributed by atoms with Crippen molar-refractivity contribution < 1.29 is 33.2 Å². The third kappa shape index (κ3) is 5.13. The second-order valence-corrected chi connectivity index (χ2v) is 6.95. The van der Waals surface area contributed by atoms with Gasteiger partial charge in [0.2, 0.25) is 0 Å². The minimum atomic E-state index is -0.326. The van der Waals surface area contributed by atoms with Crippen molar-refractivity contribution in [2.75, 3.05) is 41.7 Å². The van der Waals surface area contributed by atoms with E-state index >= 15 is 0 Å². The number of methoxy groups -OCH3 is 4. The summed E-state index contributed by atoms with van der Waals surface area (Å²) in [4.78, 5) is 0. The van der Waals surface area contributed by atoms with Crippen molar-refractivity contribution in [2.45, 2.75) is 69.6 Å². The molecule has 0 saturated carbocycles. The summed E-state index contributed by atoms with van der Waals surface area (Å²) in [5, 5.41) is 0. The van der Waals surface area contributed by atoms with Gasteiger partial charge in [-0.05, 0) is 25.7 Å². The van der Waals surface area contributed by atoms with E-state index in [1.807, 2.05) is 6.92 Å². The average Bonchev–Trinajstić information content (AvgIpc) is 2.60. The van der Waals surface area contributed by atoms with Crippen molar-refractivity contribution in [3.8, 4) is 0 Å². The molecule has 0 aliphatic carbocycles. The lowest BCUT2D eigenvalue weighted by Crippen LogP contribution is -2.61. The fraction of sp³-hybridized carbons (Fsp3) is 1.00. The zero-order chi connectivity index (χ0) is 18.4. The summed E-state index contributed by atoms with van der Waals surface area (Å²) in [7, 11) is 6.68. The summed E-state index contributed by atoms with van der Waals surface area (Å²) in [5.41, 5.74) is 0. The van der Waals surface area contributed by atoms with Gasteiger partial charge in [0.25, 0.3) is 0 Å². The van der Waals surface area contributed by atoms with E-state index in [-0.39, 0.29) is 42.9 Å². The summed E-state index contributed by atoms with van der Waals surface area (Å²) in [6.45, 7) is 5.15. The molecule has 148 valence electrons. The molecule has 0 N–H and O–H groups in total. The van der Waals surface area contributed by atoms with Crippen LogP contribution in [0.3, 0.4) is 0 Å². The normalized spacial score (nSPS) is 42.5. The summed E-state index contributed by atoms with van der Waals surface area (Å²) < 4.78 is 40.4. The van der Waals surface area contributed by atoms with Crippen LogP contribution < -0.4 is 0 Å². The maximum Gasteiger partial charge on any atom is 0.158 e. The molecule has 0 aromatic carbocycles. The Labute approximate surface area is 151 Å². The van der Waals surface area contributed by atoms with Gasteiger partial charge in [0.1, 0.15) is 24.4 Å². The first-order valence-corrected chi connectivity index (χ1v) is 9.05. The first kappa shape index (κ1) is 21.0. The molecule has 0 amide bonds. The van der Waals surface area contributed by atoms with Crippen molar-refractivity contribution in [2.24, 2.45) is 5.92 Å². The molecule has 7 nitrogen and oxygen atoms in total. The molecule has 2 aliphatic rings. The molecule has 2 heterocycles. The van der Waals surface area contributed by atoms with Gasteiger partial charge in [0.15, 0.2) is 6.29 Å². The van der Waals surface area contributed by atoms with Crippen LogP contribution in [-0.4, -0.2) is 84.6 Å². The highest BCUT2D eigenvalue weighted by molar-refractivity contribution is 4.94. The van der Waals surface area contributed by atoms with Crippen LogP contribution in [0.2, 0.25) is 0 Å². The van der Waals surface area contributed by atoms with Crippen LogP contribution in [0, 0.1) is 5.92 Å². The molecule has 2 saturated heterocycles. The van der Waals surface area contributed by atoms with Crippen LogP contribution in [0.1, 0.15) is 26.7 Å². The topological polar surface area (TPSA) is 64.6 Å². The Balaban J connectivity index is 2.08. The van der Waals surface area contributed by atoms with Crippen LogP contribution in [0.15, 0.2) is 0 Å². The molecule has 8 atom stereocenters. The Hall–Kier alpha value is -0.280. The minimum absolute atomic E-state index is 0.0345. The lowest BCUT2D eigenvalue weighted by molar-refractivity contribution is -0.305. The van der Waals surface area contributed by atoms with Gasteiger partial charge < -0.3 is 33.2 Å². The molecule has 5 unspecified atom stereocenters. The van der Waals surface area contributed by atoms with E-state index in [2.05, 4.69) is 6.92 Å². The number of hydrogen-bond donors (Lipinski definition) is 0. The first-order valence-electron chi connectivity index (χ1n) is 9.05. The summed E-state index contributed by atoms with van der Waals surface area (Å²) in [6.07, 6.45) is 0.458. The molecule has 0 spiro atoms. The second kappa shape index (κ2) is 10.2. The quantitative estimate of drug-likeness (QED) is 0.650. The predicted molar refractivity (Wildman–Crippen MR) is 91.6 cm³/mol. The number of hydrogen-bond acceptors (Lipinski definition) is 7.